The standard InChI is InChI=1S/C25H29N3O/c1-4-21-5-9-25(10-6-21)28-19(2)17-22(20(28)3)18-26-23-7-11-24(12-8-23)27-13-15-29-16-14-27/h5-12,17-18H,4,13-16H2,1-3H3. The summed E-state index contributed by atoms with van der Waals surface area (Å²) in [4.78, 5) is 7.07. The van der Waals surface area contributed by atoms with Gasteiger partial charge in [0, 0.05) is 47.6 Å². The molecule has 1 fully saturated rings. The van der Waals surface area contributed by atoms with Crippen molar-refractivity contribution >= 4 is 17.6 Å². The Kier molecular flexibility index (Phi) is 5.81. The van der Waals surface area contributed by atoms with Crippen LogP contribution in [0, 0.1) is 13.8 Å². The summed E-state index contributed by atoms with van der Waals surface area (Å²) in [5.41, 5.74) is 8.35. The molecule has 0 atom stereocenters. The van der Waals surface area contributed by atoms with Crippen LogP contribution in [0.1, 0.15) is 29.4 Å². The Balaban J connectivity index is 1.52. The minimum absolute atomic E-state index is 0.802. The average Bonchev–Trinajstić information content (AvgIpc) is 3.06. The Morgan fingerprint density at radius 1 is 0.931 bits per heavy atom. The smallest absolute Gasteiger partial charge is 0.0642 e. The van der Waals surface area contributed by atoms with E-state index in [0.29, 0.717) is 0 Å². The van der Waals surface area contributed by atoms with Crippen LogP contribution in [0.25, 0.3) is 5.69 Å². The summed E-state index contributed by atoms with van der Waals surface area (Å²) in [6.45, 7) is 10.00. The van der Waals surface area contributed by atoms with Crippen molar-refractivity contribution in [2.45, 2.75) is 27.2 Å². The molecule has 1 saturated heterocycles. The molecule has 3 aromatic rings. The van der Waals surface area contributed by atoms with Crippen LogP contribution in [0.2, 0.25) is 0 Å². The van der Waals surface area contributed by atoms with Crippen molar-refractivity contribution < 1.29 is 4.74 Å². The molecule has 2 heterocycles. The third-order valence-electron chi connectivity index (χ3n) is 5.65. The van der Waals surface area contributed by atoms with Gasteiger partial charge in [-0.2, -0.15) is 0 Å². The number of hydrogen-bond acceptors (Lipinski definition) is 3. The number of morpholine rings is 1. The van der Waals surface area contributed by atoms with E-state index in [2.05, 4.69) is 84.8 Å². The molecular weight excluding hydrogens is 358 g/mol. The molecule has 0 unspecified atom stereocenters. The van der Waals surface area contributed by atoms with Gasteiger partial charge in [0.05, 0.1) is 18.9 Å². The van der Waals surface area contributed by atoms with Crippen LogP contribution in [0.3, 0.4) is 0 Å². The summed E-state index contributed by atoms with van der Waals surface area (Å²) < 4.78 is 7.73. The highest BCUT2D eigenvalue weighted by Gasteiger charge is 2.11. The zero-order valence-corrected chi connectivity index (χ0v) is 17.6. The summed E-state index contributed by atoms with van der Waals surface area (Å²) in [7, 11) is 0. The van der Waals surface area contributed by atoms with Crippen LogP contribution >= 0.6 is 0 Å². The van der Waals surface area contributed by atoms with Gasteiger partial charge < -0.3 is 14.2 Å². The molecule has 0 N–H and O–H groups in total. The molecular formula is C25H29N3O. The molecule has 4 heteroatoms. The van der Waals surface area contributed by atoms with Crippen LogP contribution in [0.5, 0.6) is 0 Å². The van der Waals surface area contributed by atoms with Crippen molar-refractivity contribution in [3.8, 4) is 5.69 Å². The van der Waals surface area contributed by atoms with Crippen molar-refractivity contribution in [2.24, 2.45) is 4.99 Å². The van der Waals surface area contributed by atoms with Gasteiger partial charge in [-0.25, -0.2) is 0 Å². The lowest BCUT2D eigenvalue weighted by molar-refractivity contribution is 0.122. The highest BCUT2D eigenvalue weighted by Crippen LogP contribution is 2.23. The maximum absolute atomic E-state index is 5.43. The number of aryl methyl sites for hydroxylation is 2. The van der Waals surface area contributed by atoms with E-state index < -0.39 is 0 Å². The number of anilines is 1. The first-order chi connectivity index (χ1) is 14.2. The Morgan fingerprint density at radius 3 is 2.24 bits per heavy atom. The van der Waals surface area contributed by atoms with E-state index in [4.69, 9.17) is 9.73 Å². The fraction of sp³-hybridized carbons (Fsp3) is 0.320. The summed E-state index contributed by atoms with van der Waals surface area (Å²) in [6.07, 6.45) is 3.04. The maximum atomic E-state index is 5.43. The van der Waals surface area contributed by atoms with Crippen LogP contribution in [0.4, 0.5) is 11.4 Å². The number of benzene rings is 2. The molecule has 1 aliphatic rings. The Morgan fingerprint density at radius 2 is 1.59 bits per heavy atom. The monoisotopic (exact) mass is 387 g/mol. The van der Waals surface area contributed by atoms with Gasteiger partial charge in [-0.3, -0.25) is 4.99 Å². The van der Waals surface area contributed by atoms with Gasteiger partial charge in [-0.1, -0.05) is 19.1 Å². The zero-order chi connectivity index (χ0) is 20.2. The van der Waals surface area contributed by atoms with E-state index in [-0.39, 0.29) is 0 Å². The molecule has 0 radical (unpaired) electrons. The number of aromatic nitrogens is 1. The van der Waals surface area contributed by atoms with Crippen LogP contribution in [-0.2, 0) is 11.2 Å². The predicted molar refractivity (Wildman–Crippen MR) is 121 cm³/mol. The number of nitrogens with zero attached hydrogens (tertiary/aromatic N) is 3. The fourth-order valence-corrected chi connectivity index (χ4v) is 3.91. The highest BCUT2D eigenvalue weighted by molar-refractivity contribution is 5.84. The Bertz CT molecular complexity index is 978. The van der Waals surface area contributed by atoms with Crippen LogP contribution in [0.15, 0.2) is 59.6 Å². The van der Waals surface area contributed by atoms with Crippen LogP contribution < -0.4 is 4.90 Å². The summed E-state index contributed by atoms with van der Waals surface area (Å²) in [5, 5.41) is 0. The first kappa shape index (κ1) is 19.5. The fourth-order valence-electron chi connectivity index (χ4n) is 3.91. The second kappa shape index (κ2) is 8.66. The number of hydrogen-bond donors (Lipinski definition) is 0. The number of aliphatic imine (C=N–C) groups is 1. The SMILES string of the molecule is CCc1ccc(-n2c(C)cc(C=Nc3ccc(N4CCOCC4)cc3)c2C)cc1. The normalized spacial score (nSPS) is 14.7. The van der Waals surface area contributed by atoms with Crippen molar-refractivity contribution in [2.75, 3.05) is 31.2 Å². The van der Waals surface area contributed by atoms with E-state index in [1.165, 1.54) is 28.3 Å². The summed E-state index contributed by atoms with van der Waals surface area (Å²) in [6, 6.07) is 19.5. The van der Waals surface area contributed by atoms with E-state index in [1.54, 1.807) is 0 Å². The molecule has 150 valence electrons. The van der Waals surface area contributed by atoms with E-state index in [1.807, 2.05) is 6.21 Å². The van der Waals surface area contributed by atoms with Gasteiger partial charge in [0.1, 0.15) is 0 Å². The molecule has 0 bridgehead atoms. The average molecular weight is 388 g/mol. The van der Waals surface area contributed by atoms with Gasteiger partial charge >= 0.3 is 0 Å². The molecule has 4 rings (SSSR count). The lowest BCUT2D eigenvalue weighted by Gasteiger charge is -2.28. The summed E-state index contributed by atoms with van der Waals surface area (Å²) in [5.74, 6) is 0. The van der Waals surface area contributed by atoms with Gasteiger partial charge in [0.15, 0.2) is 0 Å². The van der Waals surface area contributed by atoms with Gasteiger partial charge in [-0.15, -0.1) is 0 Å². The van der Waals surface area contributed by atoms with Gasteiger partial charge in [0.25, 0.3) is 0 Å². The van der Waals surface area contributed by atoms with E-state index >= 15 is 0 Å². The zero-order valence-electron chi connectivity index (χ0n) is 17.6. The van der Waals surface area contributed by atoms with Crippen molar-refractivity contribution in [3.05, 3.63) is 77.1 Å². The molecule has 0 aliphatic carbocycles. The number of ether oxygens (including phenoxy) is 1. The van der Waals surface area contributed by atoms with Crippen molar-refractivity contribution in [1.82, 2.24) is 4.57 Å². The predicted octanol–water partition coefficient (Wildman–Crippen LogP) is 5.24. The van der Waals surface area contributed by atoms with Crippen molar-refractivity contribution in [1.29, 1.82) is 0 Å². The molecule has 0 spiro atoms. The largest absolute Gasteiger partial charge is 0.378 e. The third kappa shape index (κ3) is 4.28. The van der Waals surface area contributed by atoms with E-state index in [9.17, 15) is 0 Å². The number of rotatable bonds is 5. The molecule has 1 aliphatic heterocycles. The van der Waals surface area contributed by atoms with Gasteiger partial charge in [0.2, 0.25) is 0 Å². The molecule has 1 aromatic heterocycles. The molecule has 0 saturated carbocycles. The second-order valence-electron chi connectivity index (χ2n) is 7.56. The first-order valence-corrected chi connectivity index (χ1v) is 10.4. The molecule has 4 nitrogen and oxygen atoms in total. The lowest BCUT2D eigenvalue weighted by atomic mass is 10.1. The first-order valence-electron chi connectivity index (χ1n) is 10.4. The van der Waals surface area contributed by atoms with E-state index in [0.717, 1.165) is 44.0 Å². The minimum Gasteiger partial charge on any atom is -0.378 e. The van der Waals surface area contributed by atoms with Crippen molar-refractivity contribution in [3.63, 3.8) is 0 Å². The Hall–Kier alpha value is -2.85. The Labute approximate surface area is 173 Å². The second-order valence-corrected chi connectivity index (χ2v) is 7.56. The highest BCUT2D eigenvalue weighted by atomic mass is 16.5. The third-order valence-corrected chi connectivity index (χ3v) is 5.65. The summed E-state index contributed by atoms with van der Waals surface area (Å²) >= 11 is 0. The molecule has 2 aromatic carbocycles. The topological polar surface area (TPSA) is 29.8 Å². The molecule has 29 heavy (non-hydrogen) atoms. The quantitative estimate of drug-likeness (QED) is 0.560. The van der Waals surface area contributed by atoms with Gasteiger partial charge in [-0.05, 0) is 68.3 Å². The molecule has 0 amide bonds. The van der Waals surface area contributed by atoms with Crippen LogP contribution in [-0.4, -0.2) is 37.1 Å². The lowest BCUT2D eigenvalue weighted by Crippen LogP contribution is -2.36. The minimum atomic E-state index is 0.802. The maximum Gasteiger partial charge on any atom is 0.0642 e.